The molecule has 73 heavy (non-hydrogen) atoms. The van der Waals surface area contributed by atoms with Crippen molar-refractivity contribution < 1.29 is 43.5 Å². The van der Waals surface area contributed by atoms with Gasteiger partial charge < -0.3 is 52.1 Å². The quantitative estimate of drug-likeness (QED) is 0.108. The zero-order valence-electron chi connectivity index (χ0n) is 44.6. The lowest BCUT2D eigenvalue weighted by Gasteiger charge is -2.36. The second kappa shape index (κ2) is 24.1. The van der Waals surface area contributed by atoms with Crippen molar-refractivity contribution in [2.45, 2.75) is 180 Å². The highest BCUT2D eigenvalue weighted by Gasteiger charge is 2.48. The number of aryl methyl sites for hydroxylation is 2. The van der Waals surface area contributed by atoms with E-state index in [0.29, 0.717) is 12.8 Å². The number of aliphatic hydroxyl groups excluding tert-OH is 1. The number of benzene rings is 2. The minimum absolute atomic E-state index is 0.00141. The minimum Gasteiger partial charge on any atom is -0.385 e. The number of rotatable bonds is 18. The molecule has 18 heteroatoms. The Morgan fingerprint density at radius 1 is 0.630 bits per heavy atom. The fourth-order valence-electron chi connectivity index (χ4n) is 10.8. The van der Waals surface area contributed by atoms with E-state index in [-0.39, 0.29) is 56.3 Å². The fraction of sp³-hybridized carbons (Fsp3) is 0.636. The van der Waals surface area contributed by atoms with Crippen LogP contribution in [0.5, 0.6) is 0 Å². The van der Waals surface area contributed by atoms with E-state index in [1.807, 2.05) is 90.1 Å². The lowest BCUT2D eigenvalue weighted by molar-refractivity contribution is -0.144. The molecule has 2 aromatic carbocycles. The molecule has 6 rings (SSSR count). The molecule has 3 unspecified atom stereocenters. The highest BCUT2D eigenvalue weighted by molar-refractivity contribution is 5.96. The molecule has 7 amide bonds. The van der Waals surface area contributed by atoms with Gasteiger partial charge in [-0.25, -0.2) is 0 Å². The summed E-state index contributed by atoms with van der Waals surface area (Å²) in [7, 11) is 3.28. The molecule has 0 saturated carbocycles. The van der Waals surface area contributed by atoms with E-state index < -0.39 is 107 Å². The second-order valence-electron chi connectivity index (χ2n) is 22.9. The molecule has 0 spiro atoms. The van der Waals surface area contributed by atoms with Crippen LogP contribution in [0.1, 0.15) is 141 Å². The first-order chi connectivity index (χ1) is 34.4. The van der Waals surface area contributed by atoms with E-state index >= 15 is 0 Å². The van der Waals surface area contributed by atoms with Gasteiger partial charge in [0.05, 0.1) is 30.6 Å². The van der Waals surface area contributed by atoms with Crippen molar-refractivity contribution in [2.24, 2.45) is 16.7 Å². The average Bonchev–Trinajstić information content (AvgIpc) is 3.98. The van der Waals surface area contributed by atoms with Crippen LogP contribution in [0.2, 0.25) is 0 Å². The molecule has 4 aliphatic rings. The van der Waals surface area contributed by atoms with E-state index in [1.165, 1.54) is 9.80 Å². The van der Waals surface area contributed by atoms with Crippen LogP contribution in [0.4, 0.5) is 0 Å². The summed E-state index contributed by atoms with van der Waals surface area (Å²) in [5.74, 6) is -4.38. The number of aliphatic hydroxyl groups is 1. The van der Waals surface area contributed by atoms with Crippen LogP contribution in [-0.4, -0.2) is 138 Å². The molecule has 2 aromatic rings. The topological polar surface area (TPSA) is 247 Å². The first-order valence-electron chi connectivity index (χ1n) is 26.2. The van der Waals surface area contributed by atoms with Crippen LogP contribution in [0.15, 0.2) is 48.5 Å². The van der Waals surface area contributed by atoms with Gasteiger partial charge >= 0.3 is 0 Å². The van der Waals surface area contributed by atoms with Gasteiger partial charge in [0.2, 0.25) is 41.4 Å². The Morgan fingerprint density at radius 2 is 1.07 bits per heavy atom. The number of hydrogen-bond acceptors (Lipinski definition) is 11. The summed E-state index contributed by atoms with van der Waals surface area (Å²) in [5.41, 5.74) is 2.80. The summed E-state index contributed by atoms with van der Waals surface area (Å²) in [6.07, 6.45) is 2.52. The first-order valence-corrected chi connectivity index (χ1v) is 26.2. The number of amides is 7. The number of Topliss-reactive ketones (excluding diaryl/α,β-unsaturated/α-hetero) is 1. The number of likely N-dealkylation sites (tertiary alicyclic amines) is 2. The molecule has 8 N–H and O–H groups in total. The average molecular weight is 1010 g/mol. The summed E-state index contributed by atoms with van der Waals surface area (Å²) in [6.45, 7) is 14.2. The number of carbonyl (C=O) groups excluding carboxylic acids is 8. The molecule has 2 aliphatic heterocycles. The fourth-order valence-corrected chi connectivity index (χ4v) is 10.8. The van der Waals surface area contributed by atoms with Gasteiger partial charge in [0.25, 0.3) is 0 Å². The van der Waals surface area contributed by atoms with E-state index in [2.05, 4.69) is 37.2 Å². The molecular formula is C55H81N9O9. The van der Waals surface area contributed by atoms with E-state index in [9.17, 15) is 43.5 Å². The van der Waals surface area contributed by atoms with Crippen LogP contribution in [0.3, 0.4) is 0 Å². The number of nitrogens with zero attached hydrogens (tertiary/aromatic N) is 2. The maximum atomic E-state index is 14.6. The van der Waals surface area contributed by atoms with Gasteiger partial charge in [-0.1, -0.05) is 90.1 Å². The van der Waals surface area contributed by atoms with Crippen molar-refractivity contribution in [3.05, 3.63) is 70.8 Å². The standard InChI is InChI=1S/C55H81N9O9/c1-31(56-9)48(68)61-46(54(3,4)5)52(72)63-29-33(25-41(63)50(70)59-39-23-15-19-34-17-11-13-21-37(34)39)26-43(65)44(66)28-45(67)58-36-27-42(51(71)60-40-24-16-20-35-18-12-14-22-38(35)40)64(30-36)53(73)47(55(6,7)8)62-49(69)32(2)57-10/h11-14,17-18,21-22,31-33,36,39-42,44,46-47,56-57,66H,15-16,19-20,23-30H2,1-10H3,(H,58,67)(H,59,70)(H,60,71)(H,61,68)(H,62,69)/t31-,32-,33+,36-,39+,40+,41?,42-,44?,46?,47+/m0/s1. The van der Waals surface area contributed by atoms with E-state index in [4.69, 9.17) is 0 Å². The third kappa shape index (κ3) is 13.9. The maximum Gasteiger partial charge on any atom is 0.246 e. The van der Waals surface area contributed by atoms with Crippen LogP contribution < -0.4 is 37.2 Å². The SMILES string of the molecule is CN[C@@H](C)C(=O)NC(C(=O)N1C[C@@H](CC(=O)C(O)CC(=O)N[C@H]2C[C@@H](C(=O)N[C@@H]3CCCc4ccccc43)N(C(=O)[C@@H](NC(=O)[C@H](C)NC)C(C)(C)C)C2)CC1C(=O)N[C@@H]1CCCc2ccccc21)C(C)(C)C. The van der Waals surface area contributed by atoms with E-state index in [1.54, 1.807) is 27.9 Å². The molecule has 0 bridgehead atoms. The summed E-state index contributed by atoms with van der Waals surface area (Å²) in [6, 6.07) is 9.36. The highest BCUT2D eigenvalue weighted by Crippen LogP contribution is 2.35. The summed E-state index contributed by atoms with van der Waals surface area (Å²) in [4.78, 5) is 115. The van der Waals surface area contributed by atoms with Gasteiger partial charge in [0.1, 0.15) is 30.3 Å². The number of nitrogens with one attached hydrogen (secondary N) is 7. The molecule has 2 heterocycles. The third-order valence-corrected chi connectivity index (χ3v) is 15.3. The zero-order valence-corrected chi connectivity index (χ0v) is 44.6. The molecule has 2 saturated heterocycles. The Hall–Kier alpha value is -5.72. The molecular weight excluding hydrogens is 931 g/mol. The number of ketones is 1. The monoisotopic (exact) mass is 1010 g/mol. The van der Waals surface area contributed by atoms with Crippen molar-refractivity contribution in [1.29, 1.82) is 0 Å². The van der Waals surface area contributed by atoms with Crippen molar-refractivity contribution in [1.82, 2.24) is 47.0 Å². The van der Waals surface area contributed by atoms with Crippen molar-refractivity contribution >= 4 is 47.1 Å². The predicted molar refractivity (Wildman–Crippen MR) is 276 cm³/mol. The van der Waals surface area contributed by atoms with Gasteiger partial charge in [-0.15, -0.1) is 0 Å². The third-order valence-electron chi connectivity index (χ3n) is 15.3. The zero-order chi connectivity index (χ0) is 53.5. The Balaban J connectivity index is 1.16. The van der Waals surface area contributed by atoms with Crippen molar-refractivity contribution in [3.63, 3.8) is 0 Å². The van der Waals surface area contributed by atoms with Crippen LogP contribution in [-0.2, 0) is 51.2 Å². The molecule has 0 radical (unpaired) electrons. The van der Waals surface area contributed by atoms with Crippen molar-refractivity contribution in [2.75, 3.05) is 27.2 Å². The molecule has 18 nitrogen and oxygen atoms in total. The number of likely N-dealkylation sites (N-methyl/N-ethyl adjacent to an activating group) is 2. The second-order valence-corrected chi connectivity index (χ2v) is 22.9. The number of carbonyl (C=O) groups is 8. The Labute approximate surface area is 431 Å². The number of hydrogen-bond donors (Lipinski definition) is 8. The molecule has 11 atom stereocenters. The van der Waals surface area contributed by atoms with Gasteiger partial charge in [0, 0.05) is 25.6 Å². The summed E-state index contributed by atoms with van der Waals surface area (Å²) >= 11 is 0. The lowest BCUT2D eigenvalue weighted by Crippen LogP contribution is -2.59. The minimum atomic E-state index is -1.74. The van der Waals surface area contributed by atoms with Gasteiger partial charge in [-0.05, 0) is 118 Å². The summed E-state index contributed by atoms with van der Waals surface area (Å²) < 4.78 is 0. The highest BCUT2D eigenvalue weighted by atomic mass is 16.3. The molecule has 2 aliphatic carbocycles. The Kier molecular flexibility index (Phi) is 18.7. The Bertz CT molecular complexity index is 2360. The smallest absolute Gasteiger partial charge is 0.246 e. The summed E-state index contributed by atoms with van der Waals surface area (Å²) in [5, 5.41) is 32.1. The van der Waals surface area contributed by atoms with Gasteiger partial charge in [0.15, 0.2) is 5.78 Å². The predicted octanol–water partition coefficient (Wildman–Crippen LogP) is 2.66. The first kappa shape index (κ1) is 56.6. The van der Waals surface area contributed by atoms with Crippen LogP contribution >= 0.6 is 0 Å². The molecule has 2 fully saturated rings. The number of fused-ring (bicyclic) bond motifs is 2. The Morgan fingerprint density at radius 3 is 1.52 bits per heavy atom. The van der Waals surface area contributed by atoms with Gasteiger partial charge in [-0.3, -0.25) is 38.4 Å². The maximum absolute atomic E-state index is 14.6. The molecule has 400 valence electrons. The van der Waals surface area contributed by atoms with E-state index in [0.717, 1.165) is 47.9 Å². The van der Waals surface area contributed by atoms with Crippen molar-refractivity contribution in [3.8, 4) is 0 Å². The van der Waals surface area contributed by atoms with Gasteiger partial charge in [-0.2, -0.15) is 0 Å². The van der Waals surface area contributed by atoms with Crippen LogP contribution in [0, 0.1) is 16.7 Å². The molecule has 0 aromatic heterocycles. The lowest BCUT2D eigenvalue weighted by atomic mass is 9.85. The normalized spacial score (nSPS) is 23.9. The van der Waals surface area contributed by atoms with Crippen LogP contribution in [0.25, 0.3) is 0 Å². The largest absolute Gasteiger partial charge is 0.385 e.